The molecule has 0 unspecified atom stereocenters. The number of imide groups is 1. The Morgan fingerprint density at radius 1 is 0.846 bits per heavy atom. The van der Waals surface area contributed by atoms with Crippen molar-refractivity contribution in [2.75, 3.05) is 5.32 Å². The second-order valence-corrected chi connectivity index (χ2v) is 16.2. The third-order valence-corrected chi connectivity index (χ3v) is 13.7. The number of halogens is 4. The Balaban J connectivity index is 2.05. The minimum absolute atomic E-state index is 0.0326. The molecule has 3 amide bonds. The van der Waals surface area contributed by atoms with Gasteiger partial charge >= 0.3 is 6.18 Å². The lowest BCUT2D eigenvalue weighted by Gasteiger charge is -2.38. The average molecular weight is 561 g/mol. The molecule has 1 aliphatic rings. The zero-order chi connectivity index (χ0) is 29.3. The summed E-state index contributed by atoms with van der Waals surface area (Å²) in [5, 5.41) is 2.36. The van der Waals surface area contributed by atoms with Crippen LogP contribution in [0.3, 0.4) is 0 Å². The van der Waals surface area contributed by atoms with E-state index in [1.54, 1.807) is 12.1 Å². The number of anilines is 1. The van der Waals surface area contributed by atoms with Crippen LogP contribution in [0.15, 0.2) is 48.5 Å². The standard InChI is InChI=1S/C29H32F4N2O3Si/c1-17(2)39(18(3)4,19(5)6)16-15-24(30)25(35-27(37)22-9-7-8-10-23(22)28(35)38)26(36)34-21-13-11-20(12-14-21)29(31,32)33/h7-14,17-19,24-25H,1-6H3,(H,34,36)/t24-,25-/m0/s1. The first-order chi connectivity index (χ1) is 18.1. The van der Waals surface area contributed by atoms with Crippen LogP contribution in [-0.2, 0) is 11.0 Å². The maximum Gasteiger partial charge on any atom is 0.416 e. The molecule has 0 bridgehead atoms. The smallest absolute Gasteiger partial charge is 0.324 e. The Labute approximate surface area is 227 Å². The van der Waals surface area contributed by atoms with Crippen molar-refractivity contribution >= 4 is 31.5 Å². The van der Waals surface area contributed by atoms with Crippen LogP contribution in [0, 0.1) is 11.5 Å². The molecule has 208 valence electrons. The maximum absolute atomic E-state index is 16.1. The summed E-state index contributed by atoms with van der Waals surface area (Å²) in [6.45, 7) is 12.2. The van der Waals surface area contributed by atoms with Crippen LogP contribution >= 0.6 is 0 Å². The van der Waals surface area contributed by atoms with Crippen molar-refractivity contribution in [2.24, 2.45) is 0 Å². The summed E-state index contributed by atoms with van der Waals surface area (Å²) >= 11 is 0. The average Bonchev–Trinajstić information content (AvgIpc) is 3.09. The molecular weight excluding hydrogens is 528 g/mol. The van der Waals surface area contributed by atoms with E-state index < -0.39 is 49.7 Å². The van der Waals surface area contributed by atoms with Crippen LogP contribution in [0.2, 0.25) is 16.6 Å². The van der Waals surface area contributed by atoms with E-state index in [2.05, 4.69) is 16.8 Å². The van der Waals surface area contributed by atoms with Crippen LogP contribution in [0.25, 0.3) is 0 Å². The third kappa shape index (κ3) is 5.78. The van der Waals surface area contributed by atoms with Gasteiger partial charge in [-0.05, 0) is 53.0 Å². The Hall–Kier alpha value is -3.45. The molecule has 3 rings (SSSR count). The number of benzene rings is 2. The Morgan fingerprint density at radius 3 is 1.72 bits per heavy atom. The van der Waals surface area contributed by atoms with Gasteiger partial charge in [0.05, 0.1) is 16.7 Å². The van der Waals surface area contributed by atoms with Gasteiger partial charge in [0.1, 0.15) is 8.07 Å². The van der Waals surface area contributed by atoms with Crippen molar-refractivity contribution < 1.29 is 31.9 Å². The van der Waals surface area contributed by atoms with Crippen LogP contribution in [-0.4, -0.2) is 42.9 Å². The monoisotopic (exact) mass is 560 g/mol. The molecule has 2 aromatic carbocycles. The number of hydrogen-bond acceptors (Lipinski definition) is 3. The fourth-order valence-corrected chi connectivity index (χ4v) is 10.8. The first-order valence-electron chi connectivity index (χ1n) is 12.7. The van der Waals surface area contributed by atoms with Crippen LogP contribution in [0.1, 0.15) is 67.8 Å². The number of amides is 3. The Bertz CT molecular complexity index is 1250. The van der Waals surface area contributed by atoms with Gasteiger partial charge < -0.3 is 5.32 Å². The molecule has 0 spiro atoms. The predicted molar refractivity (Wildman–Crippen MR) is 145 cm³/mol. The Morgan fingerprint density at radius 2 is 1.31 bits per heavy atom. The minimum Gasteiger partial charge on any atom is -0.324 e. The second-order valence-electron chi connectivity index (χ2n) is 10.6. The highest BCUT2D eigenvalue weighted by Crippen LogP contribution is 2.41. The van der Waals surface area contributed by atoms with Gasteiger partial charge in [0.2, 0.25) is 0 Å². The highest BCUT2D eigenvalue weighted by molar-refractivity contribution is 6.90. The SMILES string of the molecule is CC(C)[Si](C#C[C@H](F)[C@@H](C(=O)Nc1ccc(C(F)(F)F)cc1)N1C(=O)c2ccccc2C1=O)(C(C)C)C(C)C. The largest absolute Gasteiger partial charge is 0.416 e. The molecule has 0 saturated heterocycles. The summed E-state index contributed by atoms with van der Waals surface area (Å²) in [6, 6.07) is 7.55. The lowest BCUT2D eigenvalue weighted by atomic mass is 10.1. The van der Waals surface area contributed by atoms with Crippen molar-refractivity contribution in [2.45, 2.75) is 76.6 Å². The first kappa shape index (κ1) is 30.1. The fraction of sp³-hybridized carbons (Fsp3) is 0.414. The fourth-order valence-electron chi connectivity index (χ4n) is 5.51. The van der Waals surface area contributed by atoms with Crippen molar-refractivity contribution in [1.29, 1.82) is 0 Å². The van der Waals surface area contributed by atoms with Crippen molar-refractivity contribution in [1.82, 2.24) is 4.90 Å². The molecule has 0 aliphatic carbocycles. The van der Waals surface area contributed by atoms with Gasteiger partial charge in [0, 0.05) is 5.69 Å². The van der Waals surface area contributed by atoms with E-state index in [9.17, 15) is 27.6 Å². The highest BCUT2D eigenvalue weighted by Gasteiger charge is 2.47. The van der Waals surface area contributed by atoms with E-state index in [1.165, 1.54) is 12.1 Å². The molecule has 1 heterocycles. The van der Waals surface area contributed by atoms with E-state index >= 15 is 4.39 Å². The number of fused-ring (bicyclic) bond motifs is 1. The molecule has 1 aliphatic heterocycles. The van der Waals surface area contributed by atoms with E-state index in [0.29, 0.717) is 4.90 Å². The quantitative estimate of drug-likeness (QED) is 0.174. The molecule has 39 heavy (non-hydrogen) atoms. The highest BCUT2D eigenvalue weighted by atomic mass is 28.3. The van der Waals surface area contributed by atoms with Gasteiger partial charge in [-0.1, -0.05) is 59.6 Å². The molecular formula is C29H32F4N2O3Si. The number of carbonyl (C=O) groups excluding carboxylic acids is 3. The molecule has 0 saturated carbocycles. The number of hydrogen-bond donors (Lipinski definition) is 1. The molecule has 10 heteroatoms. The van der Waals surface area contributed by atoms with Crippen molar-refractivity contribution in [3.63, 3.8) is 0 Å². The minimum atomic E-state index is -4.58. The van der Waals surface area contributed by atoms with E-state index in [4.69, 9.17) is 0 Å². The van der Waals surface area contributed by atoms with E-state index in [0.717, 1.165) is 24.3 Å². The number of nitrogens with zero attached hydrogens (tertiary/aromatic N) is 1. The normalized spacial score (nSPS) is 15.4. The topological polar surface area (TPSA) is 66.5 Å². The van der Waals surface area contributed by atoms with Crippen LogP contribution in [0.5, 0.6) is 0 Å². The lowest BCUT2D eigenvalue weighted by molar-refractivity contribution is -0.137. The van der Waals surface area contributed by atoms with Crippen molar-refractivity contribution in [3.8, 4) is 11.5 Å². The van der Waals surface area contributed by atoms with Gasteiger partial charge in [-0.25, -0.2) is 4.39 Å². The molecule has 2 aromatic rings. The van der Waals surface area contributed by atoms with E-state index in [1.807, 2.05) is 41.5 Å². The van der Waals surface area contributed by atoms with Gasteiger partial charge in [-0.3, -0.25) is 19.3 Å². The lowest BCUT2D eigenvalue weighted by Crippen LogP contribution is -2.52. The van der Waals surface area contributed by atoms with E-state index in [-0.39, 0.29) is 33.4 Å². The summed E-state index contributed by atoms with van der Waals surface area (Å²) < 4.78 is 54.9. The van der Waals surface area contributed by atoms with Gasteiger partial charge in [-0.15, -0.1) is 5.54 Å². The molecule has 0 fully saturated rings. The number of nitrogens with one attached hydrogen (secondary N) is 1. The van der Waals surface area contributed by atoms with Crippen LogP contribution < -0.4 is 5.32 Å². The van der Waals surface area contributed by atoms with Gasteiger partial charge in [-0.2, -0.15) is 13.2 Å². The molecule has 1 N–H and O–H groups in total. The summed E-state index contributed by atoms with van der Waals surface area (Å²) in [6.07, 6.45) is -6.81. The first-order valence-corrected chi connectivity index (χ1v) is 15.0. The maximum atomic E-state index is 16.1. The zero-order valence-electron chi connectivity index (χ0n) is 22.7. The zero-order valence-corrected chi connectivity index (χ0v) is 23.7. The van der Waals surface area contributed by atoms with Crippen molar-refractivity contribution in [3.05, 3.63) is 65.2 Å². The summed E-state index contributed by atoms with van der Waals surface area (Å²) in [5.41, 5.74) is 2.76. The third-order valence-electron chi connectivity index (χ3n) is 7.42. The summed E-state index contributed by atoms with van der Waals surface area (Å²) in [5.74, 6) is -0.155. The molecule has 5 nitrogen and oxygen atoms in total. The molecule has 0 aromatic heterocycles. The summed E-state index contributed by atoms with van der Waals surface area (Å²) in [4.78, 5) is 40.3. The van der Waals surface area contributed by atoms with Gasteiger partial charge in [0.25, 0.3) is 17.7 Å². The predicted octanol–water partition coefficient (Wildman–Crippen LogP) is 6.87. The number of alkyl halides is 4. The number of carbonyl (C=O) groups is 3. The van der Waals surface area contributed by atoms with Crippen LogP contribution in [0.4, 0.5) is 23.2 Å². The second kappa shape index (κ2) is 11.3. The molecule has 2 atom stereocenters. The molecule has 0 radical (unpaired) electrons. The summed E-state index contributed by atoms with van der Waals surface area (Å²) in [7, 11) is -2.43. The van der Waals surface area contributed by atoms with Gasteiger partial charge in [0.15, 0.2) is 12.2 Å². The Kier molecular flexibility index (Phi) is 8.75. The number of rotatable bonds is 7.